The molecular weight excluding hydrogens is 437 g/mol. The third-order valence-corrected chi connectivity index (χ3v) is 5.40. The van der Waals surface area contributed by atoms with E-state index in [4.69, 9.17) is 0 Å². The highest BCUT2D eigenvalue weighted by Gasteiger charge is 2.34. The average Bonchev–Trinajstić information content (AvgIpc) is 2.71. The van der Waals surface area contributed by atoms with Crippen LogP contribution in [-0.2, 0) is 20.6 Å². The highest BCUT2D eigenvalue weighted by molar-refractivity contribution is 5.93. The zero-order valence-electron chi connectivity index (χ0n) is 19.5. The van der Waals surface area contributed by atoms with Crippen molar-refractivity contribution in [2.75, 3.05) is 38.0 Å². The third-order valence-electron chi connectivity index (χ3n) is 5.40. The monoisotopic (exact) mass is 470 g/mol. The Bertz CT molecular complexity index is 834. The van der Waals surface area contributed by atoms with Gasteiger partial charge in [-0.1, -0.05) is 39.8 Å². The van der Waals surface area contributed by atoms with Crippen LogP contribution in [0, 0.1) is 11.8 Å². The molecule has 1 atom stereocenters. The van der Waals surface area contributed by atoms with Gasteiger partial charge in [0, 0.05) is 32.6 Å². The third kappa shape index (κ3) is 8.03. The molecule has 1 heterocycles. The van der Waals surface area contributed by atoms with E-state index in [2.05, 4.69) is 10.6 Å². The summed E-state index contributed by atoms with van der Waals surface area (Å²) in [6.45, 7) is 9.09. The van der Waals surface area contributed by atoms with Crippen molar-refractivity contribution >= 4 is 23.4 Å². The van der Waals surface area contributed by atoms with Gasteiger partial charge in [0.2, 0.25) is 17.7 Å². The second kappa shape index (κ2) is 11.5. The van der Waals surface area contributed by atoms with Crippen molar-refractivity contribution in [2.45, 2.75) is 46.3 Å². The van der Waals surface area contributed by atoms with E-state index in [0.717, 1.165) is 6.07 Å². The SMILES string of the molecule is CC(C)CC(=O)NC(C(=O)N1CCN(CC(=O)Nc2ccccc2C(F)(F)F)CC1)C(C)C. The molecule has 3 amide bonds. The van der Waals surface area contributed by atoms with Gasteiger partial charge in [-0.3, -0.25) is 19.3 Å². The molecular formula is C23H33F3N4O3. The van der Waals surface area contributed by atoms with Gasteiger partial charge in [0.25, 0.3) is 0 Å². The van der Waals surface area contributed by atoms with Crippen molar-refractivity contribution in [1.29, 1.82) is 0 Å². The quantitative estimate of drug-likeness (QED) is 0.612. The maximum atomic E-state index is 13.1. The van der Waals surface area contributed by atoms with Crippen molar-refractivity contribution < 1.29 is 27.6 Å². The molecule has 1 saturated heterocycles. The van der Waals surface area contributed by atoms with Crippen molar-refractivity contribution in [1.82, 2.24) is 15.1 Å². The number of para-hydroxylation sites is 1. The molecule has 2 rings (SSSR count). The standard InChI is InChI=1S/C23H33F3N4O3/c1-15(2)13-19(31)28-21(16(3)4)22(33)30-11-9-29(10-12-30)14-20(32)27-18-8-6-5-7-17(18)23(24,25)26/h5-8,15-16,21H,9-14H2,1-4H3,(H,27,32)(H,28,31). The van der Waals surface area contributed by atoms with Crippen LogP contribution in [0.3, 0.4) is 0 Å². The Morgan fingerprint density at radius 2 is 1.58 bits per heavy atom. The van der Waals surface area contributed by atoms with Gasteiger partial charge in [-0.05, 0) is 24.0 Å². The number of rotatable bonds is 8. The largest absolute Gasteiger partial charge is 0.418 e. The molecule has 0 aromatic heterocycles. The van der Waals surface area contributed by atoms with E-state index in [-0.39, 0.29) is 35.9 Å². The van der Waals surface area contributed by atoms with Gasteiger partial charge in [0.15, 0.2) is 0 Å². The fourth-order valence-corrected chi connectivity index (χ4v) is 3.67. The number of hydrogen-bond acceptors (Lipinski definition) is 4. The van der Waals surface area contributed by atoms with Gasteiger partial charge >= 0.3 is 6.18 Å². The molecule has 0 aliphatic carbocycles. The first-order valence-corrected chi connectivity index (χ1v) is 11.1. The summed E-state index contributed by atoms with van der Waals surface area (Å²) in [5.41, 5.74) is -1.17. The fraction of sp³-hybridized carbons (Fsp3) is 0.609. The Hall–Kier alpha value is -2.62. The molecule has 0 saturated carbocycles. The van der Waals surface area contributed by atoms with Gasteiger partial charge in [0.05, 0.1) is 17.8 Å². The first-order valence-electron chi connectivity index (χ1n) is 11.1. The number of nitrogens with zero attached hydrogens (tertiary/aromatic N) is 2. The highest BCUT2D eigenvalue weighted by atomic mass is 19.4. The summed E-state index contributed by atoms with van der Waals surface area (Å²) >= 11 is 0. The number of carbonyl (C=O) groups is 3. The topological polar surface area (TPSA) is 81.8 Å². The zero-order chi connectivity index (χ0) is 24.8. The minimum atomic E-state index is -4.56. The molecule has 1 aliphatic rings. The number of piperazine rings is 1. The number of halogens is 3. The summed E-state index contributed by atoms with van der Waals surface area (Å²) < 4.78 is 39.3. The van der Waals surface area contributed by atoms with Crippen molar-refractivity contribution in [3.05, 3.63) is 29.8 Å². The number of anilines is 1. The molecule has 0 bridgehead atoms. The predicted molar refractivity (Wildman–Crippen MR) is 119 cm³/mol. The van der Waals surface area contributed by atoms with E-state index < -0.39 is 23.7 Å². The zero-order valence-corrected chi connectivity index (χ0v) is 19.5. The minimum Gasteiger partial charge on any atom is -0.344 e. The van der Waals surface area contributed by atoms with Crippen LogP contribution in [0.2, 0.25) is 0 Å². The number of nitrogens with one attached hydrogen (secondary N) is 2. The molecule has 0 radical (unpaired) electrons. The van der Waals surface area contributed by atoms with Crippen molar-refractivity contribution in [3.8, 4) is 0 Å². The summed E-state index contributed by atoms with van der Waals surface area (Å²) in [6, 6.07) is 4.22. The van der Waals surface area contributed by atoms with Gasteiger partial charge in [-0.2, -0.15) is 13.2 Å². The van der Waals surface area contributed by atoms with Gasteiger partial charge in [0.1, 0.15) is 6.04 Å². The maximum absolute atomic E-state index is 13.1. The van der Waals surface area contributed by atoms with E-state index in [0.29, 0.717) is 32.6 Å². The van der Waals surface area contributed by atoms with Gasteiger partial charge < -0.3 is 15.5 Å². The van der Waals surface area contributed by atoms with Crippen LogP contribution in [0.5, 0.6) is 0 Å². The van der Waals surface area contributed by atoms with Crippen molar-refractivity contribution in [3.63, 3.8) is 0 Å². The number of benzene rings is 1. The minimum absolute atomic E-state index is 0.0764. The second-order valence-corrected chi connectivity index (χ2v) is 9.08. The first kappa shape index (κ1) is 26.6. The second-order valence-electron chi connectivity index (χ2n) is 9.08. The number of alkyl halides is 3. The Morgan fingerprint density at radius 3 is 2.12 bits per heavy atom. The summed E-state index contributed by atoms with van der Waals surface area (Å²) in [6.07, 6.45) is -4.22. The predicted octanol–water partition coefficient (Wildman–Crippen LogP) is 2.98. The molecule has 7 nitrogen and oxygen atoms in total. The average molecular weight is 471 g/mol. The number of hydrogen-bond donors (Lipinski definition) is 2. The lowest BCUT2D eigenvalue weighted by Crippen LogP contribution is -2.57. The van der Waals surface area contributed by atoms with E-state index >= 15 is 0 Å². The Morgan fingerprint density at radius 1 is 0.970 bits per heavy atom. The molecule has 1 unspecified atom stereocenters. The molecule has 184 valence electrons. The smallest absolute Gasteiger partial charge is 0.344 e. The molecule has 2 N–H and O–H groups in total. The maximum Gasteiger partial charge on any atom is 0.418 e. The van der Waals surface area contributed by atoms with Crippen LogP contribution in [-0.4, -0.2) is 66.3 Å². The number of carbonyl (C=O) groups excluding carboxylic acids is 3. The van der Waals surface area contributed by atoms with Crippen LogP contribution in [0.4, 0.5) is 18.9 Å². The lowest BCUT2D eigenvalue weighted by Gasteiger charge is -2.37. The van der Waals surface area contributed by atoms with Crippen LogP contribution in [0.15, 0.2) is 24.3 Å². The summed E-state index contributed by atoms with van der Waals surface area (Å²) in [5.74, 6) is -0.763. The lowest BCUT2D eigenvalue weighted by atomic mass is 10.0. The van der Waals surface area contributed by atoms with Crippen LogP contribution < -0.4 is 10.6 Å². The van der Waals surface area contributed by atoms with Crippen LogP contribution in [0.25, 0.3) is 0 Å². The molecule has 1 fully saturated rings. The van der Waals surface area contributed by atoms with E-state index in [1.807, 2.05) is 27.7 Å². The van der Waals surface area contributed by atoms with Crippen LogP contribution in [0.1, 0.15) is 39.7 Å². The van der Waals surface area contributed by atoms with E-state index in [1.165, 1.54) is 18.2 Å². The number of amides is 3. The van der Waals surface area contributed by atoms with E-state index in [9.17, 15) is 27.6 Å². The van der Waals surface area contributed by atoms with Crippen LogP contribution >= 0.6 is 0 Å². The molecule has 1 aromatic carbocycles. The summed E-state index contributed by atoms with van der Waals surface area (Å²) in [4.78, 5) is 40.9. The summed E-state index contributed by atoms with van der Waals surface area (Å²) in [7, 11) is 0. The molecule has 1 aliphatic heterocycles. The Labute approximate surface area is 192 Å². The first-order chi connectivity index (χ1) is 15.4. The summed E-state index contributed by atoms with van der Waals surface area (Å²) in [5, 5.41) is 5.17. The van der Waals surface area contributed by atoms with Crippen molar-refractivity contribution in [2.24, 2.45) is 11.8 Å². The lowest BCUT2D eigenvalue weighted by molar-refractivity contribution is -0.139. The van der Waals surface area contributed by atoms with E-state index in [1.54, 1.807) is 9.80 Å². The van der Waals surface area contributed by atoms with Gasteiger partial charge in [-0.15, -0.1) is 0 Å². The normalized spacial score (nSPS) is 16.1. The Balaban J connectivity index is 1.89. The molecule has 1 aromatic rings. The fourth-order valence-electron chi connectivity index (χ4n) is 3.67. The van der Waals surface area contributed by atoms with Gasteiger partial charge in [-0.25, -0.2) is 0 Å². The molecule has 0 spiro atoms. The highest BCUT2D eigenvalue weighted by Crippen LogP contribution is 2.34. The molecule has 10 heteroatoms. The molecule has 33 heavy (non-hydrogen) atoms. The Kier molecular flexibility index (Phi) is 9.27.